The van der Waals surface area contributed by atoms with Crippen molar-refractivity contribution >= 4 is 29.3 Å². The Bertz CT molecular complexity index is 550. The van der Waals surface area contributed by atoms with E-state index in [-0.39, 0.29) is 10.6 Å². The van der Waals surface area contributed by atoms with Crippen LogP contribution in [0.25, 0.3) is 0 Å². The van der Waals surface area contributed by atoms with Crippen molar-refractivity contribution in [2.24, 2.45) is 0 Å². The van der Waals surface area contributed by atoms with Gasteiger partial charge >= 0.3 is 5.97 Å². The number of nitrogens with one attached hydrogen (secondary N) is 1. The smallest absolute Gasteiger partial charge is 0.322 e. The maximum absolute atomic E-state index is 11.9. The Morgan fingerprint density at radius 3 is 2.40 bits per heavy atom. The first-order valence-corrected chi connectivity index (χ1v) is 5.87. The minimum atomic E-state index is -1.19. The number of carbonyl (C=O) groups excluding carboxylic acids is 2. The number of aliphatic carboxylic acids is 1. The van der Waals surface area contributed by atoms with Gasteiger partial charge in [0.15, 0.2) is 0 Å². The highest BCUT2D eigenvalue weighted by Crippen LogP contribution is 2.16. The fraction of sp³-hybridized carbons (Fsp3) is 0.154. The molecule has 7 heteroatoms. The van der Waals surface area contributed by atoms with Crippen LogP contribution in [0.4, 0.5) is 0 Å². The van der Waals surface area contributed by atoms with Crippen LogP contribution in [0.1, 0.15) is 10.4 Å². The second-order valence-corrected chi connectivity index (χ2v) is 4.07. The van der Waals surface area contributed by atoms with Crippen molar-refractivity contribution in [2.75, 3.05) is 13.7 Å². The van der Waals surface area contributed by atoms with E-state index in [4.69, 9.17) is 21.4 Å². The fourth-order valence-electron chi connectivity index (χ4n) is 1.27. The second-order valence-electron chi connectivity index (χ2n) is 3.66. The summed E-state index contributed by atoms with van der Waals surface area (Å²) in [6.45, 7) is -0.545. The molecule has 0 spiro atoms. The number of carboxylic acids is 1. The Balaban J connectivity index is 2.74. The van der Waals surface area contributed by atoms with Crippen LogP contribution in [-0.4, -0.2) is 36.4 Å². The monoisotopic (exact) mass is 297 g/mol. The van der Waals surface area contributed by atoms with Crippen molar-refractivity contribution in [1.29, 1.82) is 0 Å². The molecule has 0 aliphatic carbocycles. The number of allylic oxidation sites excluding steroid dienone is 1. The van der Waals surface area contributed by atoms with Gasteiger partial charge in [-0.1, -0.05) is 11.6 Å². The number of ether oxygens (including phenoxy) is 1. The Hall–Kier alpha value is -2.34. The lowest BCUT2D eigenvalue weighted by Gasteiger charge is -2.02. The fourth-order valence-corrected chi connectivity index (χ4v) is 1.48. The third-order valence-electron chi connectivity index (χ3n) is 2.24. The summed E-state index contributed by atoms with van der Waals surface area (Å²) in [4.78, 5) is 33.4. The Labute approximate surface area is 120 Å². The zero-order valence-electron chi connectivity index (χ0n) is 10.6. The number of amides is 1. The standard InChI is InChI=1S/C13H12ClNO5/c1-20-9-4-2-8(3-5-9)13(19)10(14)6-11(16)15-7-12(17)18/h2-6H,7H2,1H3,(H,15,16)(H,17,18). The molecule has 0 saturated carbocycles. The van der Waals surface area contributed by atoms with E-state index in [0.29, 0.717) is 5.75 Å². The predicted molar refractivity (Wildman–Crippen MR) is 71.9 cm³/mol. The van der Waals surface area contributed by atoms with E-state index in [9.17, 15) is 14.4 Å². The molecular formula is C13H12ClNO5. The third-order valence-corrected chi connectivity index (χ3v) is 2.52. The first-order valence-electron chi connectivity index (χ1n) is 5.49. The SMILES string of the molecule is COc1ccc(C(=O)C(Cl)=CC(=O)NCC(=O)O)cc1. The van der Waals surface area contributed by atoms with E-state index in [1.54, 1.807) is 12.1 Å². The molecule has 0 radical (unpaired) electrons. The number of Topliss-reactive ketones (excluding diaryl/α,β-unsaturated/α-hetero) is 1. The van der Waals surface area contributed by atoms with Gasteiger partial charge in [0.05, 0.1) is 12.1 Å². The van der Waals surface area contributed by atoms with Crippen LogP contribution < -0.4 is 10.1 Å². The third kappa shape index (κ3) is 4.74. The van der Waals surface area contributed by atoms with Crippen LogP contribution in [0.2, 0.25) is 0 Å². The van der Waals surface area contributed by atoms with E-state index >= 15 is 0 Å². The quantitative estimate of drug-likeness (QED) is 0.608. The van der Waals surface area contributed by atoms with E-state index in [1.165, 1.54) is 19.2 Å². The van der Waals surface area contributed by atoms with Gasteiger partial charge in [0.25, 0.3) is 0 Å². The maximum atomic E-state index is 11.9. The van der Waals surface area contributed by atoms with Crippen LogP contribution in [0.3, 0.4) is 0 Å². The number of hydrogen-bond donors (Lipinski definition) is 2. The molecule has 0 bridgehead atoms. The molecule has 0 atom stereocenters. The van der Waals surface area contributed by atoms with Crippen molar-refractivity contribution in [1.82, 2.24) is 5.32 Å². The van der Waals surface area contributed by atoms with Gasteiger partial charge in [0.2, 0.25) is 11.7 Å². The van der Waals surface area contributed by atoms with Gasteiger partial charge < -0.3 is 15.2 Å². The molecule has 1 aromatic carbocycles. The van der Waals surface area contributed by atoms with Gasteiger partial charge in [0.1, 0.15) is 12.3 Å². The summed E-state index contributed by atoms with van der Waals surface area (Å²) in [7, 11) is 1.50. The van der Waals surface area contributed by atoms with Crippen molar-refractivity contribution in [2.45, 2.75) is 0 Å². The average molecular weight is 298 g/mol. The number of carbonyl (C=O) groups is 3. The molecule has 106 valence electrons. The Morgan fingerprint density at radius 1 is 1.30 bits per heavy atom. The second kappa shape index (κ2) is 7.30. The topological polar surface area (TPSA) is 92.7 Å². The van der Waals surface area contributed by atoms with E-state index in [2.05, 4.69) is 5.32 Å². The minimum absolute atomic E-state index is 0.290. The van der Waals surface area contributed by atoms with Gasteiger partial charge in [-0.25, -0.2) is 0 Å². The minimum Gasteiger partial charge on any atom is -0.497 e. The van der Waals surface area contributed by atoms with Crippen molar-refractivity contribution in [3.63, 3.8) is 0 Å². The summed E-state index contributed by atoms with van der Waals surface area (Å²) in [5, 5.41) is 10.1. The molecule has 0 unspecified atom stereocenters. The molecule has 0 heterocycles. The molecule has 1 aromatic rings. The molecule has 0 aliphatic rings. The van der Waals surface area contributed by atoms with Gasteiger partial charge in [-0.05, 0) is 24.3 Å². The van der Waals surface area contributed by atoms with Crippen LogP contribution in [-0.2, 0) is 9.59 Å². The number of ketones is 1. The average Bonchev–Trinajstić information content (AvgIpc) is 2.44. The van der Waals surface area contributed by atoms with Crippen LogP contribution >= 0.6 is 11.6 Å². The summed E-state index contributed by atoms with van der Waals surface area (Å²) in [6.07, 6.45) is 0.844. The first-order chi connectivity index (χ1) is 9.43. The normalized spacial score (nSPS) is 10.8. The van der Waals surface area contributed by atoms with Crippen LogP contribution in [0.5, 0.6) is 5.75 Å². The molecule has 2 N–H and O–H groups in total. The highest BCUT2D eigenvalue weighted by Gasteiger charge is 2.12. The van der Waals surface area contributed by atoms with Crippen molar-refractivity contribution < 1.29 is 24.2 Å². The molecular weight excluding hydrogens is 286 g/mol. The highest BCUT2D eigenvalue weighted by molar-refractivity contribution is 6.46. The largest absolute Gasteiger partial charge is 0.497 e. The van der Waals surface area contributed by atoms with Gasteiger partial charge in [-0.2, -0.15) is 0 Å². The molecule has 1 rings (SSSR count). The van der Waals surface area contributed by atoms with Gasteiger partial charge in [-0.3, -0.25) is 14.4 Å². The summed E-state index contributed by atoms with van der Waals surface area (Å²) < 4.78 is 4.95. The van der Waals surface area contributed by atoms with Gasteiger partial charge in [0, 0.05) is 11.6 Å². The summed E-state index contributed by atoms with van der Waals surface area (Å²) >= 11 is 5.72. The number of carboxylic acid groups (broad SMARTS) is 1. The maximum Gasteiger partial charge on any atom is 0.322 e. The van der Waals surface area contributed by atoms with E-state index in [1.807, 2.05) is 0 Å². The summed E-state index contributed by atoms with van der Waals surface area (Å²) in [5.41, 5.74) is 0.290. The van der Waals surface area contributed by atoms with Crippen molar-refractivity contribution in [3.05, 3.63) is 40.9 Å². The highest BCUT2D eigenvalue weighted by atomic mass is 35.5. The molecule has 0 aliphatic heterocycles. The molecule has 0 fully saturated rings. The number of methoxy groups -OCH3 is 1. The number of rotatable bonds is 6. The lowest BCUT2D eigenvalue weighted by atomic mass is 10.1. The molecule has 0 aromatic heterocycles. The van der Waals surface area contributed by atoms with E-state index in [0.717, 1.165) is 6.08 Å². The predicted octanol–water partition coefficient (Wildman–Crippen LogP) is 1.20. The lowest BCUT2D eigenvalue weighted by Crippen LogP contribution is -2.28. The Kier molecular flexibility index (Phi) is 5.74. The van der Waals surface area contributed by atoms with Crippen molar-refractivity contribution in [3.8, 4) is 5.75 Å². The number of hydrogen-bond acceptors (Lipinski definition) is 4. The number of benzene rings is 1. The van der Waals surface area contributed by atoms with Crippen LogP contribution in [0.15, 0.2) is 35.4 Å². The molecule has 1 amide bonds. The summed E-state index contributed by atoms with van der Waals surface area (Å²) in [6, 6.07) is 6.18. The summed E-state index contributed by atoms with van der Waals surface area (Å²) in [5.74, 6) is -1.90. The number of halogens is 1. The zero-order valence-corrected chi connectivity index (χ0v) is 11.3. The molecule has 6 nitrogen and oxygen atoms in total. The first kappa shape index (κ1) is 15.7. The van der Waals surface area contributed by atoms with Crippen LogP contribution in [0, 0.1) is 0 Å². The zero-order chi connectivity index (χ0) is 15.1. The van der Waals surface area contributed by atoms with Gasteiger partial charge in [-0.15, -0.1) is 0 Å². The Morgan fingerprint density at radius 2 is 1.90 bits per heavy atom. The molecule has 0 saturated heterocycles. The lowest BCUT2D eigenvalue weighted by molar-refractivity contribution is -0.137. The molecule has 20 heavy (non-hydrogen) atoms. The van der Waals surface area contributed by atoms with E-state index < -0.39 is 24.2 Å².